The van der Waals surface area contributed by atoms with E-state index in [9.17, 15) is 4.79 Å². The molecule has 3 rings (SSSR count). The lowest BCUT2D eigenvalue weighted by Crippen LogP contribution is -2.47. The predicted octanol–water partition coefficient (Wildman–Crippen LogP) is 2.91. The van der Waals surface area contributed by atoms with E-state index >= 15 is 0 Å². The van der Waals surface area contributed by atoms with E-state index in [1.165, 1.54) is 0 Å². The maximum absolute atomic E-state index is 12.6. The van der Waals surface area contributed by atoms with Crippen LogP contribution in [0.1, 0.15) is 36.8 Å². The van der Waals surface area contributed by atoms with Gasteiger partial charge in [-0.3, -0.25) is 4.98 Å². The second-order valence-corrected chi connectivity index (χ2v) is 5.51. The maximum atomic E-state index is 12.6. The molecule has 2 atom stereocenters. The van der Waals surface area contributed by atoms with Crippen LogP contribution in [-0.4, -0.2) is 35.6 Å². The molecule has 0 bridgehead atoms. The number of amides is 2. The fourth-order valence-corrected chi connectivity index (χ4v) is 2.74. The van der Waals surface area contributed by atoms with Crippen molar-refractivity contribution < 1.29 is 13.9 Å². The van der Waals surface area contributed by atoms with Gasteiger partial charge in [-0.15, -0.1) is 0 Å². The highest BCUT2D eigenvalue weighted by Crippen LogP contribution is 2.23. The molecular formula is C17H21N3O3. The molecule has 2 amide bonds. The number of urea groups is 1. The van der Waals surface area contributed by atoms with Gasteiger partial charge in [-0.05, 0) is 36.2 Å². The first-order valence-electron chi connectivity index (χ1n) is 7.88. The molecule has 0 radical (unpaired) electrons. The van der Waals surface area contributed by atoms with Crippen molar-refractivity contribution in [3.05, 3.63) is 54.2 Å². The highest BCUT2D eigenvalue weighted by molar-refractivity contribution is 5.74. The van der Waals surface area contributed by atoms with Gasteiger partial charge in [0.05, 0.1) is 25.5 Å². The summed E-state index contributed by atoms with van der Waals surface area (Å²) in [5.41, 5.74) is 1.06. The molecule has 3 heterocycles. The summed E-state index contributed by atoms with van der Waals surface area (Å²) in [6.45, 7) is 3.63. The molecule has 1 N–H and O–H groups in total. The van der Waals surface area contributed by atoms with Crippen LogP contribution in [0.5, 0.6) is 0 Å². The molecule has 1 aliphatic heterocycles. The minimum absolute atomic E-state index is 0.0181. The SMILES string of the molecule is CCC(NC(=O)N1CCOC(c2ccco2)C1)c1ccncc1. The Bertz CT molecular complexity index is 615. The van der Waals surface area contributed by atoms with Crippen molar-refractivity contribution in [1.82, 2.24) is 15.2 Å². The number of aromatic nitrogens is 1. The predicted molar refractivity (Wildman–Crippen MR) is 84.8 cm³/mol. The second-order valence-electron chi connectivity index (χ2n) is 5.51. The number of hydrogen-bond donors (Lipinski definition) is 1. The van der Waals surface area contributed by atoms with Gasteiger partial charge in [0.15, 0.2) is 0 Å². The topological polar surface area (TPSA) is 67.6 Å². The molecule has 122 valence electrons. The lowest BCUT2D eigenvalue weighted by molar-refractivity contribution is -0.0263. The summed E-state index contributed by atoms with van der Waals surface area (Å²) >= 11 is 0. The van der Waals surface area contributed by atoms with Crippen LogP contribution in [0.4, 0.5) is 4.79 Å². The Balaban J connectivity index is 1.63. The third-order valence-corrected chi connectivity index (χ3v) is 4.03. The second kappa shape index (κ2) is 7.28. The Labute approximate surface area is 135 Å². The Kier molecular flexibility index (Phi) is 4.92. The molecule has 1 saturated heterocycles. The van der Waals surface area contributed by atoms with Gasteiger partial charge < -0.3 is 19.4 Å². The summed E-state index contributed by atoms with van der Waals surface area (Å²) in [6.07, 6.45) is 5.72. The lowest BCUT2D eigenvalue weighted by Gasteiger charge is -2.33. The van der Waals surface area contributed by atoms with Gasteiger partial charge in [0, 0.05) is 18.9 Å². The van der Waals surface area contributed by atoms with Gasteiger partial charge in [-0.1, -0.05) is 6.92 Å². The first kappa shape index (κ1) is 15.6. The standard InChI is InChI=1S/C17H21N3O3/c1-2-14(13-5-7-18-8-6-13)19-17(21)20-9-11-23-16(12-20)15-4-3-10-22-15/h3-8,10,14,16H,2,9,11-12H2,1H3,(H,19,21). The van der Waals surface area contributed by atoms with E-state index in [1.807, 2.05) is 24.3 Å². The largest absolute Gasteiger partial charge is 0.467 e. The van der Waals surface area contributed by atoms with E-state index in [0.717, 1.165) is 17.7 Å². The van der Waals surface area contributed by atoms with Crippen molar-refractivity contribution in [2.24, 2.45) is 0 Å². The highest BCUT2D eigenvalue weighted by atomic mass is 16.5. The summed E-state index contributed by atoms with van der Waals surface area (Å²) in [7, 11) is 0. The zero-order chi connectivity index (χ0) is 16.1. The van der Waals surface area contributed by atoms with E-state index in [-0.39, 0.29) is 18.2 Å². The first-order valence-corrected chi connectivity index (χ1v) is 7.88. The number of nitrogens with one attached hydrogen (secondary N) is 1. The summed E-state index contributed by atoms with van der Waals surface area (Å²) in [6, 6.07) is 7.47. The molecule has 2 unspecified atom stereocenters. The highest BCUT2D eigenvalue weighted by Gasteiger charge is 2.28. The van der Waals surface area contributed by atoms with Crippen molar-refractivity contribution in [2.45, 2.75) is 25.5 Å². The number of carbonyl (C=O) groups excluding carboxylic acids is 1. The quantitative estimate of drug-likeness (QED) is 0.942. The zero-order valence-corrected chi connectivity index (χ0v) is 13.1. The van der Waals surface area contributed by atoms with Gasteiger partial charge in [0.2, 0.25) is 0 Å². The van der Waals surface area contributed by atoms with Gasteiger partial charge in [0.1, 0.15) is 11.9 Å². The van der Waals surface area contributed by atoms with Crippen LogP contribution in [0.2, 0.25) is 0 Å². The summed E-state index contributed by atoms with van der Waals surface area (Å²) in [4.78, 5) is 18.4. The Hall–Kier alpha value is -2.34. The number of hydrogen-bond acceptors (Lipinski definition) is 4. The van der Waals surface area contributed by atoms with Crippen LogP contribution < -0.4 is 5.32 Å². The van der Waals surface area contributed by atoms with Crippen LogP contribution >= 0.6 is 0 Å². The van der Waals surface area contributed by atoms with Crippen molar-refractivity contribution in [3.63, 3.8) is 0 Å². The van der Waals surface area contributed by atoms with E-state index in [1.54, 1.807) is 23.6 Å². The number of morpholine rings is 1. The minimum atomic E-state index is -0.203. The molecule has 1 fully saturated rings. The molecule has 6 heteroatoms. The van der Waals surface area contributed by atoms with Gasteiger partial charge in [-0.2, -0.15) is 0 Å². The van der Waals surface area contributed by atoms with Gasteiger partial charge >= 0.3 is 6.03 Å². The fourth-order valence-electron chi connectivity index (χ4n) is 2.74. The molecule has 2 aromatic heterocycles. The lowest BCUT2D eigenvalue weighted by atomic mass is 10.1. The molecule has 0 spiro atoms. The molecule has 0 saturated carbocycles. The number of carbonyl (C=O) groups is 1. The molecule has 1 aliphatic rings. The van der Waals surface area contributed by atoms with E-state index < -0.39 is 0 Å². The number of pyridine rings is 1. The Morgan fingerprint density at radius 3 is 2.96 bits per heavy atom. The smallest absolute Gasteiger partial charge is 0.318 e. The van der Waals surface area contributed by atoms with E-state index in [0.29, 0.717) is 19.7 Å². The van der Waals surface area contributed by atoms with Gasteiger partial charge in [0.25, 0.3) is 0 Å². The van der Waals surface area contributed by atoms with Crippen LogP contribution in [0.3, 0.4) is 0 Å². The Morgan fingerprint density at radius 2 is 2.26 bits per heavy atom. The fraction of sp³-hybridized carbons (Fsp3) is 0.412. The van der Waals surface area contributed by atoms with E-state index in [2.05, 4.69) is 17.2 Å². The normalized spacial score (nSPS) is 19.3. The zero-order valence-electron chi connectivity index (χ0n) is 13.1. The third-order valence-electron chi connectivity index (χ3n) is 4.03. The minimum Gasteiger partial charge on any atom is -0.467 e. The molecule has 0 aliphatic carbocycles. The van der Waals surface area contributed by atoms with Crippen LogP contribution in [0.25, 0.3) is 0 Å². The summed E-state index contributed by atoms with van der Waals surface area (Å²) in [5.74, 6) is 0.753. The summed E-state index contributed by atoms with van der Waals surface area (Å²) in [5, 5.41) is 3.09. The van der Waals surface area contributed by atoms with Crippen molar-refractivity contribution in [1.29, 1.82) is 0 Å². The Morgan fingerprint density at radius 1 is 1.43 bits per heavy atom. The number of furan rings is 1. The molecule has 23 heavy (non-hydrogen) atoms. The average Bonchev–Trinajstić information content (AvgIpc) is 3.15. The number of nitrogens with zero attached hydrogens (tertiary/aromatic N) is 2. The monoisotopic (exact) mass is 315 g/mol. The average molecular weight is 315 g/mol. The van der Waals surface area contributed by atoms with Crippen molar-refractivity contribution in [3.8, 4) is 0 Å². The number of ether oxygens (including phenoxy) is 1. The third kappa shape index (κ3) is 3.71. The molecule has 0 aromatic carbocycles. The molecule has 2 aromatic rings. The van der Waals surface area contributed by atoms with Crippen LogP contribution in [0.15, 0.2) is 47.3 Å². The van der Waals surface area contributed by atoms with Crippen LogP contribution in [0, 0.1) is 0 Å². The van der Waals surface area contributed by atoms with Gasteiger partial charge in [-0.25, -0.2) is 4.79 Å². The maximum Gasteiger partial charge on any atom is 0.318 e. The van der Waals surface area contributed by atoms with Crippen LogP contribution in [-0.2, 0) is 4.74 Å². The molecule has 6 nitrogen and oxygen atoms in total. The first-order chi connectivity index (χ1) is 11.3. The number of rotatable bonds is 4. The molecular weight excluding hydrogens is 294 g/mol. The van der Waals surface area contributed by atoms with Crippen molar-refractivity contribution >= 4 is 6.03 Å². The van der Waals surface area contributed by atoms with E-state index in [4.69, 9.17) is 9.15 Å². The van der Waals surface area contributed by atoms with Crippen molar-refractivity contribution in [2.75, 3.05) is 19.7 Å². The summed E-state index contributed by atoms with van der Waals surface area (Å²) < 4.78 is 11.1.